The molecule has 0 unspecified atom stereocenters. The summed E-state index contributed by atoms with van der Waals surface area (Å²) in [6.07, 6.45) is 0. The molecule has 0 radical (unpaired) electrons. The van der Waals surface area contributed by atoms with Crippen LogP contribution in [0.25, 0.3) is 0 Å². The average molecular weight is 319 g/mol. The van der Waals surface area contributed by atoms with Crippen LogP contribution in [0.2, 0.25) is 0 Å². The zero-order valence-electron chi connectivity index (χ0n) is 11.4. The van der Waals surface area contributed by atoms with Crippen molar-refractivity contribution >= 4 is 27.3 Å². The summed E-state index contributed by atoms with van der Waals surface area (Å²) >= 11 is 3.51. The second-order valence-corrected chi connectivity index (χ2v) is 5.57. The molecular formula is C16H19BrN2. The van der Waals surface area contributed by atoms with Crippen LogP contribution >= 0.6 is 15.9 Å². The van der Waals surface area contributed by atoms with E-state index < -0.39 is 0 Å². The fraction of sp³-hybridized carbons (Fsp3) is 0.250. The zero-order chi connectivity index (χ0) is 13.7. The molecular weight excluding hydrogens is 300 g/mol. The normalized spacial score (nSPS) is 10.3. The lowest BCUT2D eigenvalue weighted by Crippen LogP contribution is -2.30. The van der Waals surface area contributed by atoms with Gasteiger partial charge in [-0.1, -0.05) is 40.2 Å². The van der Waals surface area contributed by atoms with E-state index in [-0.39, 0.29) is 0 Å². The molecule has 2 nitrogen and oxygen atoms in total. The van der Waals surface area contributed by atoms with Crippen molar-refractivity contribution in [1.29, 1.82) is 0 Å². The van der Waals surface area contributed by atoms with Gasteiger partial charge in [0.2, 0.25) is 0 Å². The lowest BCUT2D eigenvalue weighted by molar-refractivity contribution is 0.833. The molecule has 19 heavy (non-hydrogen) atoms. The van der Waals surface area contributed by atoms with Gasteiger partial charge in [-0.3, -0.25) is 0 Å². The van der Waals surface area contributed by atoms with Gasteiger partial charge in [-0.05, 0) is 30.3 Å². The van der Waals surface area contributed by atoms with Crippen LogP contribution in [0.15, 0.2) is 59.1 Å². The summed E-state index contributed by atoms with van der Waals surface area (Å²) in [5.74, 6) is 0. The van der Waals surface area contributed by atoms with Crippen LogP contribution in [-0.2, 0) is 0 Å². The molecule has 0 saturated carbocycles. The summed E-state index contributed by atoms with van der Waals surface area (Å²) in [5.41, 5.74) is 2.49. The Bertz CT molecular complexity index is 513. The second-order valence-electron chi connectivity index (χ2n) is 4.66. The Labute approximate surface area is 123 Å². The van der Waals surface area contributed by atoms with Crippen LogP contribution in [0.3, 0.4) is 0 Å². The molecule has 100 valence electrons. The van der Waals surface area contributed by atoms with Gasteiger partial charge in [0.05, 0.1) is 0 Å². The lowest BCUT2D eigenvalue weighted by Gasteiger charge is -2.25. The highest BCUT2D eigenvalue weighted by molar-refractivity contribution is 9.10. The molecule has 2 aromatic rings. The molecule has 0 N–H and O–H groups in total. The van der Waals surface area contributed by atoms with Crippen molar-refractivity contribution in [1.82, 2.24) is 0 Å². The maximum atomic E-state index is 3.51. The van der Waals surface area contributed by atoms with E-state index in [1.54, 1.807) is 0 Å². The SMILES string of the molecule is CN(CCN(C)c1cccc(Br)c1)c1ccccc1. The molecule has 0 fully saturated rings. The van der Waals surface area contributed by atoms with E-state index in [1.807, 2.05) is 12.1 Å². The number of benzene rings is 2. The number of nitrogens with zero attached hydrogens (tertiary/aromatic N) is 2. The van der Waals surface area contributed by atoms with E-state index in [0.29, 0.717) is 0 Å². The lowest BCUT2D eigenvalue weighted by atomic mass is 10.3. The van der Waals surface area contributed by atoms with Gasteiger partial charge in [0.15, 0.2) is 0 Å². The number of hydrogen-bond donors (Lipinski definition) is 0. The van der Waals surface area contributed by atoms with E-state index in [2.05, 4.69) is 82.3 Å². The van der Waals surface area contributed by atoms with E-state index in [0.717, 1.165) is 17.6 Å². The molecule has 2 aromatic carbocycles. The van der Waals surface area contributed by atoms with Gasteiger partial charge < -0.3 is 9.80 Å². The second kappa shape index (κ2) is 6.62. The number of para-hydroxylation sites is 1. The van der Waals surface area contributed by atoms with Crippen molar-refractivity contribution in [2.75, 3.05) is 37.0 Å². The monoisotopic (exact) mass is 318 g/mol. The molecule has 0 aliphatic rings. The van der Waals surface area contributed by atoms with Crippen LogP contribution < -0.4 is 9.80 Å². The van der Waals surface area contributed by atoms with Gasteiger partial charge in [-0.2, -0.15) is 0 Å². The third-order valence-corrected chi connectivity index (χ3v) is 3.71. The Hall–Kier alpha value is -1.48. The first-order valence-corrected chi connectivity index (χ1v) is 7.19. The maximum absolute atomic E-state index is 3.51. The number of rotatable bonds is 5. The summed E-state index contributed by atoms with van der Waals surface area (Å²) in [6, 6.07) is 18.9. The van der Waals surface area contributed by atoms with Crippen molar-refractivity contribution in [3.63, 3.8) is 0 Å². The van der Waals surface area contributed by atoms with Crippen LogP contribution in [0.5, 0.6) is 0 Å². The van der Waals surface area contributed by atoms with Crippen LogP contribution in [-0.4, -0.2) is 27.2 Å². The molecule has 0 aromatic heterocycles. The minimum atomic E-state index is 0.988. The predicted molar refractivity (Wildman–Crippen MR) is 87.1 cm³/mol. The number of anilines is 2. The fourth-order valence-electron chi connectivity index (χ4n) is 1.95. The Morgan fingerprint density at radius 2 is 1.37 bits per heavy atom. The summed E-state index contributed by atoms with van der Waals surface area (Å²) < 4.78 is 1.12. The first-order valence-electron chi connectivity index (χ1n) is 6.40. The van der Waals surface area contributed by atoms with Gasteiger partial charge in [0.25, 0.3) is 0 Å². The van der Waals surface area contributed by atoms with Crippen molar-refractivity contribution in [2.24, 2.45) is 0 Å². The van der Waals surface area contributed by atoms with Crippen molar-refractivity contribution in [3.05, 3.63) is 59.1 Å². The van der Waals surface area contributed by atoms with Crippen molar-refractivity contribution in [2.45, 2.75) is 0 Å². The summed E-state index contributed by atoms with van der Waals surface area (Å²) in [4.78, 5) is 4.54. The van der Waals surface area contributed by atoms with Gasteiger partial charge in [0, 0.05) is 43.0 Å². The minimum absolute atomic E-state index is 0.988. The van der Waals surface area contributed by atoms with Gasteiger partial charge in [-0.25, -0.2) is 0 Å². The highest BCUT2D eigenvalue weighted by atomic mass is 79.9. The number of likely N-dealkylation sites (N-methyl/N-ethyl adjacent to an activating group) is 2. The summed E-state index contributed by atoms with van der Waals surface area (Å²) in [6.45, 7) is 1.98. The molecule has 0 amide bonds. The van der Waals surface area contributed by atoms with Crippen LogP contribution in [0.4, 0.5) is 11.4 Å². The maximum Gasteiger partial charge on any atom is 0.0375 e. The third-order valence-electron chi connectivity index (χ3n) is 3.22. The number of halogens is 1. The van der Waals surface area contributed by atoms with Gasteiger partial charge >= 0.3 is 0 Å². The minimum Gasteiger partial charge on any atom is -0.373 e. The first-order chi connectivity index (χ1) is 9.16. The fourth-order valence-corrected chi connectivity index (χ4v) is 2.34. The van der Waals surface area contributed by atoms with E-state index in [9.17, 15) is 0 Å². The smallest absolute Gasteiger partial charge is 0.0375 e. The first kappa shape index (κ1) is 13.9. The van der Waals surface area contributed by atoms with Crippen molar-refractivity contribution < 1.29 is 0 Å². The van der Waals surface area contributed by atoms with E-state index in [4.69, 9.17) is 0 Å². The molecule has 0 saturated heterocycles. The molecule has 0 aliphatic carbocycles. The van der Waals surface area contributed by atoms with Crippen LogP contribution in [0, 0.1) is 0 Å². The standard InChI is InChI=1S/C16H19BrN2/c1-18(15-8-4-3-5-9-15)11-12-19(2)16-10-6-7-14(17)13-16/h3-10,13H,11-12H2,1-2H3. The van der Waals surface area contributed by atoms with E-state index in [1.165, 1.54) is 11.4 Å². The number of hydrogen-bond acceptors (Lipinski definition) is 2. The molecule has 2 rings (SSSR count). The Morgan fingerprint density at radius 1 is 0.789 bits per heavy atom. The highest BCUT2D eigenvalue weighted by Crippen LogP contribution is 2.19. The average Bonchev–Trinajstić information content (AvgIpc) is 2.45. The quantitative estimate of drug-likeness (QED) is 0.821. The summed E-state index contributed by atoms with van der Waals surface area (Å²) in [7, 11) is 4.25. The molecule has 0 spiro atoms. The van der Waals surface area contributed by atoms with E-state index >= 15 is 0 Å². The third kappa shape index (κ3) is 4.00. The Kier molecular flexibility index (Phi) is 4.86. The predicted octanol–water partition coefficient (Wildman–Crippen LogP) is 4.02. The molecule has 0 atom stereocenters. The Morgan fingerprint density at radius 3 is 2.00 bits per heavy atom. The molecule has 3 heteroatoms. The largest absolute Gasteiger partial charge is 0.373 e. The molecule has 0 bridgehead atoms. The molecule has 0 aliphatic heterocycles. The highest BCUT2D eigenvalue weighted by Gasteiger charge is 2.04. The van der Waals surface area contributed by atoms with Gasteiger partial charge in [-0.15, -0.1) is 0 Å². The Balaban J connectivity index is 1.92. The van der Waals surface area contributed by atoms with Crippen LogP contribution in [0.1, 0.15) is 0 Å². The van der Waals surface area contributed by atoms with Crippen molar-refractivity contribution in [3.8, 4) is 0 Å². The molecule has 0 heterocycles. The summed E-state index contributed by atoms with van der Waals surface area (Å²) in [5, 5.41) is 0. The zero-order valence-corrected chi connectivity index (χ0v) is 13.0. The topological polar surface area (TPSA) is 6.48 Å². The van der Waals surface area contributed by atoms with Gasteiger partial charge in [0.1, 0.15) is 0 Å².